The van der Waals surface area contributed by atoms with Gasteiger partial charge in [-0.05, 0) is 36.8 Å². The van der Waals surface area contributed by atoms with Crippen LogP contribution in [0, 0.1) is 0 Å². The molecule has 5 nitrogen and oxygen atoms in total. The van der Waals surface area contributed by atoms with Crippen LogP contribution in [0.4, 0.5) is 0 Å². The molecule has 0 saturated heterocycles. The van der Waals surface area contributed by atoms with E-state index in [1.54, 1.807) is 0 Å². The minimum Gasteiger partial charge on any atom is -0.364 e. The third kappa shape index (κ3) is 3.22. The Hall–Kier alpha value is -2.82. The van der Waals surface area contributed by atoms with Crippen molar-refractivity contribution < 1.29 is 4.79 Å². The zero-order chi connectivity index (χ0) is 17.2. The summed E-state index contributed by atoms with van der Waals surface area (Å²) in [6.45, 7) is 2.05. The maximum absolute atomic E-state index is 12.7. The number of hydrogen-bond donors (Lipinski definition) is 3. The van der Waals surface area contributed by atoms with E-state index >= 15 is 0 Å². The molecule has 1 amide bonds. The number of hydrogen-bond acceptors (Lipinski definition) is 2. The topological polar surface area (TPSA) is 73.6 Å². The highest BCUT2D eigenvalue weighted by atomic mass is 16.1. The van der Waals surface area contributed by atoms with Gasteiger partial charge in [0, 0.05) is 11.9 Å². The van der Waals surface area contributed by atoms with Gasteiger partial charge >= 0.3 is 0 Å². The summed E-state index contributed by atoms with van der Waals surface area (Å²) in [5, 5.41) is 3.12. The van der Waals surface area contributed by atoms with E-state index in [0.29, 0.717) is 5.92 Å². The first-order valence-corrected chi connectivity index (χ1v) is 8.84. The van der Waals surface area contributed by atoms with Crippen LogP contribution < -0.4 is 5.32 Å². The van der Waals surface area contributed by atoms with E-state index in [9.17, 15) is 4.79 Å². The molecule has 2 heterocycles. The smallest absolute Gasteiger partial charge is 0.253 e. The lowest BCUT2D eigenvalue weighted by Crippen LogP contribution is -2.29. The number of carbonyl (C=O) groups excluding carboxylic acids is 1. The average molecular weight is 334 g/mol. The van der Waals surface area contributed by atoms with Crippen LogP contribution in [0.5, 0.6) is 0 Å². The summed E-state index contributed by atoms with van der Waals surface area (Å²) in [7, 11) is 0. The second kappa shape index (κ2) is 6.59. The minimum absolute atomic E-state index is 0.0346. The third-order valence-electron chi connectivity index (χ3n) is 4.73. The van der Waals surface area contributed by atoms with Crippen LogP contribution in [0.1, 0.15) is 60.0 Å². The lowest BCUT2D eigenvalue weighted by molar-refractivity contribution is 0.0933. The van der Waals surface area contributed by atoms with Crippen molar-refractivity contribution in [1.29, 1.82) is 0 Å². The molecule has 0 aliphatic heterocycles. The van der Waals surface area contributed by atoms with E-state index in [4.69, 9.17) is 0 Å². The molecule has 0 bridgehead atoms. The predicted octanol–water partition coefficient (Wildman–Crippen LogP) is 4.16. The van der Waals surface area contributed by atoms with Crippen LogP contribution in [-0.4, -0.2) is 20.9 Å². The number of amides is 1. The molecule has 1 unspecified atom stereocenters. The van der Waals surface area contributed by atoms with E-state index in [-0.39, 0.29) is 11.9 Å². The summed E-state index contributed by atoms with van der Waals surface area (Å²) in [4.78, 5) is 23.8. The van der Waals surface area contributed by atoms with Crippen molar-refractivity contribution in [1.82, 2.24) is 20.3 Å². The minimum atomic E-state index is -0.132. The Labute approximate surface area is 146 Å². The number of benzene rings is 1. The maximum atomic E-state index is 12.7. The van der Waals surface area contributed by atoms with Crippen molar-refractivity contribution in [3.8, 4) is 11.3 Å². The van der Waals surface area contributed by atoms with Gasteiger partial charge < -0.3 is 15.3 Å². The van der Waals surface area contributed by atoms with Crippen LogP contribution in [0.2, 0.25) is 0 Å². The largest absolute Gasteiger partial charge is 0.364 e. The van der Waals surface area contributed by atoms with Crippen molar-refractivity contribution in [2.45, 2.75) is 38.1 Å². The van der Waals surface area contributed by atoms with E-state index in [0.717, 1.165) is 47.6 Å². The maximum Gasteiger partial charge on any atom is 0.253 e. The molecule has 3 N–H and O–H groups in total. The Kier molecular flexibility index (Phi) is 4.14. The normalized spacial score (nSPS) is 15.1. The second-order valence-electron chi connectivity index (χ2n) is 6.56. The lowest BCUT2D eigenvalue weighted by atomic mass is 10.1. The van der Waals surface area contributed by atoms with Crippen LogP contribution in [0.25, 0.3) is 11.3 Å². The zero-order valence-corrected chi connectivity index (χ0v) is 14.3. The number of carbonyl (C=O) groups is 1. The quantitative estimate of drug-likeness (QED) is 0.633. The van der Waals surface area contributed by atoms with E-state index in [1.165, 1.54) is 0 Å². The Bertz CT molecular complexity index is 861. The monoisotopic (exact) mass is 334 g/mol. The summed E-state index contributed by atoms with van der Waals surface area (Å²) < 4.78 is 0. The van der Waals surface area contributed by atoms with Crippen LogP contribution in [0.3, 0.4) is 0 Å². The Morgan fingerprint density at radius 1 is 1.28 bits per heavy atom. The van der Waals surface area contributed by atoms with Gasteiger partial charge in [-0.3, -0.25) is 4.79 Å². The third-order valence-corrected chi connectivity index (χ3v) is 4.73. The highest BCUT2D eigenvalue weighted by Gasteiger charge is 2.29. The summed E-state index contributed by atoms with van der Waals surface area (Å²) >= 11 is 0. The Morgan fingerprint density at radius 2 is 2.08 bits per heavy atom. The number of aromatic amines is 2. The predicted molar refractivity (Wildman–Crippen MR) is 97.3 cm³/mol. The molecule has 1 aliphatic rings. The fraction of sp³-hybridized carbons (Fsp3) is 0.300. The molecule has 25 heavy (non-hydrogen) atoms. The average Bonchev–Trinajstić information content (AvgIpc) is 3.18. The molecule has 3 aromatic rings. The first-order valence-electron chi connectivity index (χ1n) is 8.84. The van der Waals surface area contributed by atoms with Gasteiger partial charge in [0.15, 0.2) is 0 Å². The van der Waals surface area contributed by atoms with Gasteiger partial charge in [0.1, 0.15) is 5.82 Å². The van der Waals surface area contributed by atoms with Crippen LogP contribution in [0.15, 0.2) is 48.8 Å². The van der Waals surface area contributed by atoms with Crippen molar-refractivity contribution >= 4 is 5.91 Å². The van der Waals surface area contributed by atoms with E-state index < -0.39 is 0 Å². The van der Waals surface area contributed by atoms with Crippen molar-refractivity contribution in [2.24, 2.45) is 0 Å². The molecule has 1 aliphatic carbocycles. The first kappa shape index (κ1) is 15.7. The Balaban J connectivity index is 1.51. The number of imidazole rings is 1. The van der Waals surface area contributed by atoms with Gasteiger partial charge in [-0.15, -0.1) is 0 Å². The molecule has 5 heteroatoms. The molecule has 0 spiro atoms. The van der Waals surface area contributed by atoms with Gasteiger partial charge in [0.25, 0.3) is 5.91 Å². The molecular weight excluding hydrogens is 312 g/mol. The zero-order valence-electron chi connectivity index (χ0n) is 14.3. The molecule has 4 rings (SSSR count). The Morgan fingerprint density at radius 3 is 2.80 bits per heavy atom. The van der Waals surface area contributed by atoms with Gasteiger partial charge in [-0.1, -0.05) is 37.3 Å². The highest BCUT2D eigenvalue weighted by Crippen LogP contribution is 2.40. The fourth-order valence-corrected chi connectivity index (χ4v) is 3.17. The molecule has 1 aromatic carbocycles. The molecular formula is C20H22N4O. The van der Waals surface area contributed by atoms with E-state index in [2.05, 4.69) is 27.2 Å². The number of nitrogens with zero attached hydrogens (tertiary/aromatic N) is 1. The molecule has 1 fully saturated rings. The molecule has 1 saturated carbocycles. The number of rotatable bonds is 6. The van der Waals surface area contributed by atoms with Gasteiger partial charge in [0.05, 0.1) is 23.5 Å². The van der Waals surface area contributed by atoms with Crippen molar-refractivity contribution in [3.05, 3.63) is 65.9 Å². The van der Waals surface area contributed by atoms with Crippen LogP contribution >= 0.6 is 0 Å². The highest BCUT2D eigenvalue weighted by molar-refractivity contribution is 5.96. The van der Waals surface area contributed by atoms with Crippen molar-refractivity contribution in [3.63, 3.8) is 0 Å². The lowest BCUT2D eigenvalue weighted by Gasteiger charge is -2.15. The van der Waals surface area contributed by atoms with Crippen molar-refractivity contribution in [2.75, 3.05) is 0 Å². The van der Waals surface area contributed by atoms with Gasteiger partial charge in [-0.2, -0.15) is 0 Å². The summed E-state index contributed by atoms with van der Waals surface area (Å²) in [5.41, 5.74) is 3.88. The number of H-pyrrole nitrogens is 2. The fourth-order valence-electron chi connectivity index (χ4n) is 3.17. The summed E-state index contributed by atoms with van der Waals surface area (Å²) in [6, 6.07) is 11.8. The first-order chi connectivity index (χ1) is 12.3. The van der Waals surface area contributed by atoms with Crippen LogP contribution in [-0.2, 0) is 0 Å². The van der Waals surface area contributed by atoms with E-state index in [1.807, 2.05) is 48.8 Å². The summed E-state index contributed by atoms with van der Waals surface area (Å²) in [5.74, 6) is 1.27. The number of aromatic nitrogens is 3. The van der Waals surface area contributed by atoms with Gasteiger partial charge in [-0.25, -0.2) is 4.98 Å². The SMILES string of the molecule is CCC(NC(=O)c1cc[nH]c1C1CC1)c1ncc(-c2ccccc2)[nH]1. The molecule has 128 valence electrons. The molecule has 2 aromatic heterocycles. The molecule has 0 radical (unpaired) electrons. The van der Waals surface area contributed by atoms with Gasteiger partial charge in [0.2, 0.25) is 0 Å². The summed E-state index contributed by atoms with van der Waals surface area (Å²) in [6.07, 6.45) is 6.78. The second-order valence-corrected chi connectivity index (χ2v) is 6.56. The molecule has 1 atom stereocenters. The standard InChI is InChI=1S/C20H22N4O/c1-2-16(19-22-12-17(23-19)13-6-4-3-5-7-13)24-20(25)15-10-11-21-18(15)14-8-9-14/h3-7,10-12,14,16,21H,2,8-9H2,1H3,(H,22,23)(H,24,25). The number of nitrogens with one attached hydrogen (secondary N) is 3.